The van der Waals surface area contributed by atoms with E-state index in [2.05, 4.69) is 54.3 Å². The average Bonchev–Trinajstić information content (AvgIpc) is 2.30. The minimum atomic E-state index is -1.80. The van der Waals surface area contributed by atoms with Gasteiger partial charge in [0.05, 0.1) is 12.2 Å². The molecule has 0 aliphatic carbocycles. The molecule has 0 saturated carbocycles. The predicted molar refractivity (Wildman–Crippen MR) is 87.0 cm³/mol. The van der Waals surface area contributed by atoms with Crippen LogP contribution in [0.25, 0.3) is 0 Å². The maximum Gasteiger partial charge on any atom is 0.192 e. The second-order valence-electron chi connectivity index (χ2n) is 7.01. The van der Waals surface area contributed by atoms with Crippen molar-refractivity contribution in [2.45, 2.75) is 90.6 Å². The lowest BCUT2D eigenvalue weighted by Crippen LogP contribution is -2.45. The Morgan fingerprint density at radius 3 is 2.16 bits per heavy atom. The first kappa shape index (κ1) is 18.9. The Balaban J connectivity index is 4.71. The van der Waals surface area contributed by atoms with Gasteiger partial charge in [-0.3, -0.25) is 0 Å². The monoisotopic (exact) mass is 286 g/mol. The van der Waals surface area contributed by atoms with Gasteiger partial charge < -0.3 is 9.53 Å². The lowest BCUT2D eigenvalue weighted by molar-refractivity contribution is 0.138. The van der Waals surface area contributed by atoms with Gasteiger partial charge in [-0.05, 0) is 36.5 Å². The van der Waals surface area contributed by atoms with Gasteiger partial charge in [0.1, 0.15) is 0 Å². The molecule has 1 N–H and O–H groups in total. The fraction of sp³-hybridized carbons (Fsp3) is 0.875. The van der Waals surface area contributed by atoms with Gasteiger partial charge in [0, 0.05) is 0 Å². The Kier molecular flexibility index (Phi) is 7.55. The van der Waals surface area contributed by atoms with Crippen LogP contribution in [-0.2, 0) is 4.43 Å². The molecule has 0 aromatic carbocycles. The normalized spacial score (nSPS) is 16.2. The van der Waals surface area contributed by atoms with Crippen molar-refractivity contribution in [3.8, 4) is 0 Å². The summed E-state index contributed by atoms with van der Waals surface area (Å²) >= 11 is 0. The third kappa shape index (κ3) is 5.80. The number of hydrogen-bond donors (Lipinski definition) is 1. The van der Waals surface area contributed by atoms with Crippen molar-refractivity contribution in [3.63, 3.8) is 0 Å². The summed E-state index contributed by atoms with van der Waals surface area (Å²) in [7, 11) is -1.80. The van der Waals surface area contributed by atoms with E-state index in [1.165, 1.54) is 0 Å². The Hall–Kier alpha value is -0.123. The van der Waals surface area contributed by atoms with Crippen molar-refractivity contribution >= 4 is 8.32 Å². The van der Waals surface area contributed by atoms with Gasteiger partial charge >= 0.3 is 0 Å². The number of rotatable bonds is 8. The number of aliphatic hydroxyl groups excluding tert-OH is 1. The van der Waals surface area contributed by atoms with Crippen LogP contribution < -0.4 is 0 Å². The molecular formula is C16H34O2Si. The van der Waals surface area contributed by atoms with Crippen molar-refractivity contribution in [3.05, 3.63) is 12.2 Å². The van der Waals surface area contributed by atoms with Crippen LogP contribution in [0.15, 0.2) is 12.2 Å². The van der Waals surface area contributed by atoms with E-state index >= 15 is 0 Å². The SMILES string of the molecule is C=C(C(O)CCCC)C(CC)O[Si](C)(C)C(C)(C)C. The first-order valence-corrected chi connectivity index (χ1v) is 10.5. The Morgan fingerprint density at radius 1 is 1.26 bits per heavy atom. The average molecular weight is 287 g/mol. The lowest BCUT2D eigenvalue weighted by Gasteiger charge is -2.40. The zero-order chi connectivity index (χ0) is 15.3. The summed E-state index contributed by atoms with van der Waals surface area (Å²) in [6.45, 7) is 19.6. The first-order valence-electron chi connectivity index (χ1n) is 7.61. The molecule has 3 heteroatoms. The zero-order valence-electron chi connectivity index (χ0n) is 14.0. The smallest absolute Gasteiger partial charge is 0.192 e. The van der Waals surface area contributed by atoms with Crippen LogP contribution in [0.1, 0.15) is 60.3 Å². The van der Waals surface area contributed by atoms with E-state index in [1.807, 2.05) is 0 Å². The molecule has 0 amide bonds. The summed E-state index contributed by atoms with van der Waals surface area (Å²) < 4.78 is 6.39. The summed E-state index contributed by atoms with van der Waals surface area (Å²) in [4.78, 5) is 0. The Bertz CT molecular complexity index is 279. The molecule has 0 radical (unpaired) electrons. The molecule has 0 rings (SSSR count). The van der Waals surface area contributed by atoms with Gasteiger partial charge in [-0.15, -0.1) is 0 Å². The zero-order valence-corrected chi connectivity index (χ0v) is 15.0. The van der Waals surface area contributed by atoms with E-state index in [4.69, 9.17) is 4.43 Å². The van der Waals surface area contributed by atoms with Crippen LogP contribution in [0.5, 0.6) is 0 Å². The second kappa shape index (κ2) is 7.60. The molecular weight excluding hydrogens is 252 g/mol. The van der Waals surface area contributed by atoms with Gasteiger partial charge in [0.25, 0.3) is 0 Å². The van der Waals surface area contributed by atoms with E-state index in [9.17, 15) is 5.11 Å². The minimum absolute atomic E-state index is 0.00672. The fourth-order valence-electron chi connectivity index (χ4n) is 1.75. The first-order chi connectivity index (χ1) is 8.56. The van der Waals surface area contributed by atoms with E-state index < -0.39 is 14.4 Å². The van der Waals surface area contributed by atoms with Gasteiger partial charge in [0.2, 0.25) is 0 Å². The molecule has 0 spiro atoms. The topological polar surface area (TPSA) is 29.5 Å². The quantitative estimate of drug-likeness (QED) is 0.508. The summed E-state index contributed by atoms with van der Waals surface area (Å²) in [5.41, 5.74) is 0.862. The molecule has 0 fully saturated rings. The number of hydrogen-bond acceptors (Lipinski definition) is 2. The largest absolute Gasteiger partial charge is 0.410 e. The molecule has 0 aliphatic rings. The van der Waals surface area contributed by atoms with Gasteiger partial charge in [0.15, 0.2) is 8.32 Å². The van der Waals surface area contributed by atoms with E-state index in [0.29, 0.717) is 0 Å². The Morgan fingerprint density at radius 2 is 1.79 bits per heavy atom. The third-order valence-corrected chi connectivity index (χ3v) is 8.77. The molecule has 0 aromatic rings. The lowest BCUT2D eigenvalue weighted by atomic mass is 9.99. The molecule has 2 atom stereocenters. The van der Waals surface area contributed by atoms with Crippen molar-refractivity contribution in [2.24, 2.45) is 0 Å². The fourth-order valence-corrected chi connectivity index (χ4v) is 3.13. The molecule has 0 bridgehead atoms. The maximum atomic E-state index is 10.2. The molecule has 0 aromatic heterocycles. The van der Waals surface area contributed by atoms with Crippen molar-refractivity contribution in [1.82, 2.24) is 0 Å². The highest BCUT2D eigenvalue weighted by Gasteiger charge is 2.39. The molecule has 0 aliphatic heterocycles. The van der Waals surface area contributed by atoms with Crippen LogP contribution in [0.4, 0.5) is 0 Å². The van der Waals surface area contributed by atoms with Crippen LogP contribution in [-0.4, -0.2) is 25.6 Å². The van der Waals surface area contributed by atoms with Gasteiger partial charge in [-0.1, -0.05) is 54.0 Å². The molecule has 19 heavy (non-hydrogen) atoms. The van der Waals surface area contributed by atoms with E-state index in [-0.39, 0.29) is 11.1 Å². The molecule has 2 unspecified atom stereocenters. The van der Waals surface area contributed by atoms with Crippen molar-refractivity contribution in [1.29, 1.82) is 0 Å². The van der Waals surface area contributed by atoms with Gasteiger partial charge in [-0.25, -0.2) is 0 Å². The van der Waals surface area contributed by atoms with E-state index in [0.717, 1.165) is 31.3 Å². The maximum absolute atomic E-state index is 10.2. The van der Waals surface area contributed by atoms with Crippen LogP contribution in [0, 0.1) is 0 Å². The summed E-state index contributed by atoms with van der Waals surface area (Å²) in [6.07, 6.45) is 3.39. The second-order valence-corrected chi connectivity index (χ2v) is 11.8. The Labute approximate surface area is 121 Å². The summed E-state index contributed by atoms with van der Waals surface area (Å²) in [6, 6.07) is 0. The summed E-state index contributed by atoms with van der Waals surface area (Å²) in [5, 5.41) is 10.4. The minimum Gasteiger partial charge on any atom is -0.410 e. The third-order valence-electron chi connectivity index (χ3n) is 4.29. The molecule has 0 heterocycles. The highest BCUT2D eigenvalue weighted by molar-refractivity contribution is 6.74. The molecule has 0 saturated heterocycles. The number of aliphatic hydroxyl groups is 1. The highest BCUT2D eigenvalue weighted by atomic mass is 28.4. The molecule has 114 valence electrons. The van der Waals surface area contributed by atoms with Crippen molar-refractivity contribution in [2.75, 3.05) is 0 Å². The van der Waals surface area contributed by atoms with Gasteiger partial charge in [-0.2, -0.15) is 0 Å². The van der Waals surface area contributed by atoms with Crippen LogP contribution in [0.2, 0.25) is 18.1 Å². The predicted octanol–water partition coefficient (Wildman–Crippen LogP) is 4.89. The van der Waals surface area contributed by atoms with Crippen molar-refractivity contribution < 1.29 is 9.53 Å². The van der Waals surface area contributed by atoms with E-state index in [1.54, 1.807) is 0 Å². The number of unbranched alkanes of at least 4 members (excludes halogenated alkanes) is 1. The van der Waals surface area contributed by atoms with Crippen LogP contribution in [0.3, 0.4) is 0 Å². The van der Waals surface area contributed by atoms with Crippen LogP contribution >= 0.6 is 0 Å². The standard InChI is InChI=1S/C16H34O2Si/c1-9-11-12-14(17)13(3)15(10-2)18-19(7,8)16(4,5)6/h14-15,17H,3,9-12H2,1-2,4-8H3. The summed E-state index contributed by atoms with van der Waals surface area (Å²) in [5.74, 6) is 0. The molecule has 2 nitrogen and oxygen atoms in total. The highest BCUT2D eigenvalue weighted by Crippen LogP contribution is 2.38.